The summed E-state index contributed by atoms with van der Waals surface area (Å²) in [7, 11) is 0. The van der Waals surface area contributed by atoms with E-state index in [0.717, 1.165) is 40.3 Å². The predicted octanol–water partition coefficient (Wildman–Crippen LogP) is 9.70. The molecule has 5 aromatic rings. The first-order chi connectivity index (χ1) is 23.6. The van der Waals surface area contributed by atoms with Crippen molar-refractivity contribution in [1.82, 2.24) is 0 Å². The van der Waals surface area contributed by atoms with Gasteiger partial charge in [0.15, 0.2) is 0 Å². The first kappa shape index (κ1) is 34.3. The molecule has 49 heavy (non-hydrogen) atoms. The highest BCUT2D eigenvalue weighted by molar-refractivity contribution is 5.85. The third-order valence-corrected chi connectivity index (χ3v) is 8.06. The van der Waals surface area contributed by atoms with Gasteiger partial charge in [-0.1, -0.05) is 49.6 Å². The molecule has 0 N–H and O–H groups in total. The zero-order valence-electron chi connectivity index (χ0n) is 28.2. The third-order valence-electron chi connectivity index (χ3n) is 8.06. The van der Waals surface area contributed by atoms with E-state index in [2.05, 4.69) is 106 Å². The van der Waals surface area contributed by atoms with Gasteiger partial charge in [0.1, 0.15) is 36.2 Å². The number of carbonyl (C=O) groups is 2. The molecule has 0 radical (unpaired) electrons. The molecular formula is C42H39NO6. The van der Waals surface area contributed by atoms with Crippen LogP contribution in [0.5, 0.6) is 23.0 Å². The average molecular weight is 654 g/mol. The summed E-state index contributed by atoms with van der Waals surface area (Å²) in [4.78, 5) is 25.6. The van der Waals surface area contributed by atoms with Gasteiger partial charge in [-0.15, -0.1) is 0 Å². The maximum Gasteiger partial charge on any atom is 0.335 e. The molecule has 0 heterocycles. The molecule has 0 bridgehead atoms. The highest BCUT2D eigenvalue weighted by Gasteiger charge is 2.15. The first-order valence-corrected chi connectivity index (χ1v) is 15.9. The summed E-state index contributed by atoms with van der Waals surface area (Å²) in [6.07, 6.45) is 2.07. The minimum Gasteiger partial charge on any atom is -0.490 e. The van der Waals surface area contributed by atoms with Crippen LogP contribution in [0.1, 0.15) is 22.3 Å². The molecule has 0 fully saturated rings. The zero-order valence-corrected chi connectivity index (χ0v) is 28.2. The number of ether oxygens (including phenoxy) is 4. The molecule has 0 saturated heterocycles. The molecule has 7 nitrogen and oxygen atoms in total. The quantitative estimate of drug-likeness (QED) is 0.0542. The molecule has 0 amide bonds. The molecule has 5 rings (SSSR count). The molecule has 0 aliphatic rings. The van der Waals surface area contributed by atoms with Crippen LogP contribution < -0.4 is 23.8 Å². The molecule has 0 aliphatic carbocycles. The van der Waals surface area contributed by atoms with Crippen LogP contribution in [0.15, 0.2) is 128 Å². The molecule has 0 unspecified atom stereocenters. The van der Waals surface area contributed by atoms with Gasteiger partial charge < -0.3 is 23.8 Å². The second kappa shape index (κ2) is 15.7. The molecule has 0 saturated carbocycles. The largest absolute Gasteiger partial charge is 0.490 e. The van der Waals surface area contributed by atoms with Gasteiger partial charge in [-0.25, -0.2) is 9.59 Å². The number of esters is 2. The van der Waals surface area contributed by atoms with Gasteiger partial charge in [-0.05, 0) is 110 Å². The Bertz CT molecular complexity index is 1890. The van der Waals surface area contributed by atoms with Crippen molar-refractivity contribution in [2.45, 2.75) is 27.7 Å². The average Bonchev–Trinajstić information content (AvgIpc) is 3.10. The van der Waals surface area contributed by atoms with E-state index in [-0.39, 0.29) is 24.7 Å². The SMILES string of the molecule is C=CC(=O)Oc1cc(OCCOc2ccc(-c3ccc(N(c4ccc(C)c(C)c4)c4ccc(C)c(C)c4)cc3)cc2)cc(OC(=O)C=C)c1. The summed E-state index contributed by atoms with van der Waals surface area (Å²) in [6.45, 7) is 15.8. The molecule has 0 aromatic heterocycles. The van der Waals surface area contributed by atoms with Crippen molar-refractivity contribution in [1.29, 1.82) is 0 Å². The van der Waals surface area contributed by atoms with Crippen LogP contribution in [0.3, 0.4) is 0 Å². The summed E-state index contributed by atoms with van der Waals surface area (Å²) in [5.74, 6) is -0.00919. The Hall–Kier alpha value is -6.08. The number of aryl methyl sites for hydroxylation is 4. The van der Waals surface area contributed by atoms with Crippen molar-refractivity contribution in [2.24, 2.45) is 0 Å². The lowest BCUT2D eigenvalue weighted by molar-refractivity contribution is -0.129. The lowest BCUT2D eigenvalue weighted by Crippen LogP contribution is -2.10. The monoisotopic (exact) mass is 653 g/mol. The van der Waals surface area contributed by atoms with Crippen LogP contribution in [0.2, 0.25) is 0 Å². The fourth-order valence-corrected chi connectivity index (χ4v) is 5.10. The number of anilines is 3. The smallest absolute Gasteiger partial charge is 0.335 e. The zero-order chi connectivity index (χ0) is 34.9. The lowest BCUT2D eigenvalue weighted by atomic mass is 10.0. The number of carbonyl (C=O) groups excluding carboxylic acids is 2. The predicted molar refractivity (Wildman–Crippen MR) is 195 cm³/mol. The normalized spacial score (nSPS) is 10.5. The standard InChI is InChI=1S/C42H39NO6/c1-7-41(44)48-39-25-38(26-40(27-39)49-42(45)8-2)47-22-21-46-37-19-13-33(14-20-37)32-11-17-34(18-12-32)43(35-15-9-28(3)30(5)23-35)36-16-10-29(4)31(6)24-36/h7-20,23-27H,1-2,21-22H2,3-6H3. The van der Waals surface area contributed by atoms with E-state index in [4.69, 9.17) is 18.9 Å². The van der Waals surface area contributed by atoms with Crippen LogP contribution in [-0.2, 0) is 9.59 Å². The molecular weight excluding hydrogens is 614 g/mol. The van der Waals surface area contributed by atoms with Crippen molar-refractivity contribution in [2.75, 3.05) is 18.1 Å². The number of rotatable bonds is 13. The summed E-state index contributed by atoms with van der Waals surface area (Å²) < 4.78 is 22.0. The fourth-order valence-electron chi connectivity index (χ4n) is 5.10. The number of benzene rings is 5. The Balaban J connectivity index is 1.24. The third kappa shape index (κ3) is 8.84. The van der Waals surface area contributed by atoms with Crippen LogP contribution in [0.25, 0.3) is 11.1 Å². The van der Waals surface area contributed by atoms with Gasteiger partial charge in [0.25, 0.3) is 0 Å². The second-order valence-electron chi connectivity index (χ2n) is 11.5. The maximum atomic E-state index is 11.7. The van der Waals surface area contributed by atoms with Gasteiger partial charge in [0.2, 0.25) is 0 Å². The van der Waals surface area contributed by atoms with Gasteiger partial charge in [-0.3, -0.25) is 0 Å². The fraction of sp³-hybridized carbons (Fsp3) is 0.143. The van der Waals surface area contributed by atoms with E-state index in [1.807, 2.05) is 24.3 Å². The minimum absolute atomic E-state index is 0.141. The first-order valence-electron chi connectivity index (χ1n) is 15.9. The molecule has 0 spiro atoms. The minimum atomic E-state index is -0.655. The Morgan fingerprint density at radius 1 is 0.510 bits per heavy atom. The van der Waals surface area contributed by atoms with Crippen molar-refractivity contribution in [3.63, 3.8) is 0 Å². The Morgan fingerprint density at radius 3 is 1.37 bits per heavy atom. The van der Waals surface area contributed by atoms with E-state index in [9.17, 15) is 9.59 Å². The van der Waals surface area contributed by atoms with E-state index in [0.29, 0.717) is 11.5 Å². The van der Waals surface area contributed by atoms with E-state index < -0.39 is 11.9 Å². The van der Waals surface area contributed by atoms with Crippen molar-refractivity contribution >= 4 is 29.0 Å². The van der Waals surface area contributed by atoms with Gasteiger partial charge in [-0.2, -0.15) is 0 Å². The maximum absolute atomic E-state index is 11.7. The molecule has 7 heteroatoms. The van der Waals surface area contributed by atoms with Crippen molar-refractivity contribution in [3.05, 3.63) is 151 Å². The summed E-state index contributed by atoms with van der Waals surface area (Å²) in [5.41, 5.74) is 10.5. The van der Waals surface area contributed by atoms with E-state index in [1.165, 1.54) is 40.5 Å². The second-order valence-corrected chi connectivity index (χ2v) is 11.5. The number of nitrogens with zero attached hydrogens (tertiary/aromatic N) is 1. The van der Waals surface area contributed by atoms with Crippen LogP contribution >= 0.6 is 0 Å². The molecule has 0 aliphatic heterocycles. The van der Waals surface area contributed by atoms with E-state index in [1.54, 1.807) is 0 Å². The highest BCUT2D eigenvalue weighted by atomic mass is 16.6. The number of hydrogen-bond donors (Lipinski definition) is 0. The summed E-state index contributed by atoms with van der Waals surface area (Å²) in [6, 6.07) is 34.0. The summed E-state index contributed by atoms with van der Waals surface area (Å²) >= 11 is 0. The summed E-state index contributed by atoms with van der Waals surface area (Å²) in [5, 5.41) is 0. The Labute approximate surface area is 287 Å². The molecule has 0 atom stereocenters. The van der Waals surface area contributed by atoms with Gasteiger partial charge in [0, 0.05) is 47.4 Å². The van der Waals surface area contributed by atoms with Gasteiger partial charge in [0.05, 0.1) is 0 Å². The highest BCUT2D eigenvalue weighted by Crippen LogP contribution is 2.37. The van der Waals surface area contributed by atoms with E-state index >= 15 is 0 Å². The van der Waals surface area contributed by atoms with Gasteiger partial charge >= 0.3 is 11.9 Å². The van der Waals surface area contributed by atoms with Crippen molar-refractivity contribution in [3.8, 4) is 34.1 Å². The lowest BCUT2D eigenvalue weighted by Gasteiger charge is -2.27. The molecule has 248 valence electrons. The molecule has 5 aromatic carbocycles. The van der Waals surface area contributed by atoms with Crippen LogP contribution in [-0.4, -0.2) is 25.2 Å². The Kier molecular flexibility index (Phi) is 11.0. The van der Waals surface area contributed by atoms with Crippen LogP contribution in [0, 0.1) is 27.7 Å². The number of hydrogen-bond acceptors (Lipinski definition) is 7. The topological polar surface area (TPSA) is 74.3 Å². The van der Waals surface area contributed by atoms with Crippen LogP contribution in [0.4, 0.5) is 17.1 Å². The van der Waals surface area contributed by atoms with Crippen molar-refractivity contribution < 1.29 is 28.5 Å². The Morgan fingerprint density at radius 2 is 0.918 bits per heavy atom.